The van der Waals surface area contributed by atoms with Crippen LogP contribution in [-0.4, -0.2) is 15.9 Å². The van der Waals surface area contributed by atoms with E-state index in [4.69, 9.17) is 0 Å². The van der Waals surface area contributed by atoms with Gasteiger partial charge in [-0.25, -0.2) is 0 Å². The van der Waals surface area contributed by atoms with Crippen LogP contribution in [0.4, 0.5) is 24.5 Å². The van der Waals surface area contributed by atoms with Gasteiger partial charge in [0.1, 0.15) is 11.4 Å². The van der Waals surface area contributed by atoms with Crippen molar-refractivity contribution in [1.29, 1.82) is 0 Å². The summed E-state index contributed by atoms with van der Waals surface area (Å²) in [4.78, 5) is 22.3. The second kappa shape index (κ2) is 7.52. The van der Waals surface area contributed by atoms with E-state index < -0.39 is 28.3 Å². The third-order valence-corrected chi connectivity index (χ3v) is 3.76. The highest BCUT2D eigenvalue weighted by atomic mass is 19.4. The molecule has 0 saturated carbocycles. The van der Waals surface area contributed by atoms with Gasteiger partial charge in [-0.05, 0) is 35.7 Å². The summed E-state index contributed by atoms with van der Waals surface area (Å²) in [5.74, 6) is -1.02. The molecule has 0 aliphatic rings. The minimum Gasteiger partial charge on any atom is -0.507 e. The van der Waals surface area contributed by atoms with Crippen molar-refractivity contribution in [2.75, 3.05) is 5.43 Å². The summed E-state index contributed by atoms with van der Waals surface area (Å²) in [7, 11) is 0. The highest BCUT2D eigenvalue weighted by Crippen LogP contribution is 2.34. The van der Waals surface area contributed by atoms with E-state index in [2.05, 4.69) is 10.9 Å². The third kappa shape index (κ3) is 4.66. The van der Waals surface area contributed by atoms with Gasteiger partial charge in [-0.2, -0.15) is 13.2 Å². The van der Waals surface area contributed by atoms with Gasteiger partial charge in [-0.15, -0.1) is 0 Å². The van der Waals surface area contributed by atoms with Crippen LogP contribution in [0.2, 0.25) is 0 Å². The first kappa shape index (κ1) is 20.0. The largest absolute Gasteiger partial charge is 0.507 e. The van der Waals surface area contributed by atoms with E-state index >= 15 is 0 Å². The Morgan fingerprint density at radius 2 is 1.85 bits per heavy atom. The van der Waals surface area contributed by atoms with Gasteiger partial charge in [0.2, 0.25) is 0 Å². The Morgan fingerprint density at radius 3 is 2.41 bits per heavy atom. The average Bonchev–Trinajstić information content (AvgIpc) is 2.58. The molecule has 0 unspecified atom stereocenters. The van der Waals surface area contributed by atoms with E-state index in [0.717, 1.165) is 11.6 Å². The lowest BCUT2D eigenvalue weighted by Crippen LogP contribution is -2.30. The van der Waals surface area contributed by atoms with Crippen LogP contribution in [0.1, 0.15) is 41.3 Å². The smallest absolute Gasteiger partial charge is 0.416 e. The van der Waals surface area contributed by atoms with Crippen LogP contribution in [0.3, 0.4) is 0 Å². The van der Waals surface area contributed by atoms with Gasteiger partial charge < -0.3 is 5.11 Å². The molecule has 27 heavy (non-hydrogen) atoms. The van der Waals surface area contributed by atoms with Crippen molar-refractivity contribution in [2.24, 2.45) is 0 Å². The molecule has 2 aromatic rings. The summed E-state index contributed by atoms with van der Waals surface area (Å²) in [6.07, 6.45) is -4.74. The maximum atomic E-state index is 12.7. The average molecular weight is 383 g/mol. The molecule has 144 valence electrons. The first-order chi connectivity index (χ1) is 12.5. The number of rotatable bonds is 5. The van der Waals surface area contributed by atoms with E-state index in [1.54, 1.807) is 6.07 Å². The zero-order chi connectivity index (χ0) is 20.4. The predicted octanol–water partition coefficient (Wildman–Crippen LogP) is 4.20. The quantitative estimate of drug-likeness (QED) is 0.530. The number of carbonyl (C=O) groups excluding carboxylic acids is 1. The molecular formula is C17H16F3N3O4. The molecular weight excluding hydrogens is 367 g/mol. The van der Waals surface area contributed by atoms with Crippen LogP contribution in [-0.2, 0) is 6.18 Å². The monoisotopic (exact) mass is 383 g/mol. The molecule has 0 spiro atoms. The molecule has 2 aromatic carbocycles. The Hall–Kier alpha value is -3.30. The molecule has 0 heterocycles. The molecule has 0 radical (unpaired) electrons. The SMILES string of the molecule is CC(C)c1ccc(O)c(C(=O)NNc2ccc(C(F)(F)F)cc2[N+](=O)[O-])c1. The van der Waals surface area contributed by atoms with E-state index in [1.807, 2.05) is 13.8 Å². The lowest BCUT2D eigenvalue weighted by Gasteiger charge is -2.13. The summed E-state index contributed by atoms with van der Waals surface area (Å²) in [6, 6.07) is 6.29. The number of nitro groups is 1. The zero-order valence-corrected chi connectivity index (χ0v) is 14.3. The number of amides is 1. The van der Waals surface area contributed by atoms with Crippen molar-refractivity contribution in [2.45, 2.75) is 25.9 Å². The number of carbonyl (C=O) groups is 1. The summed E-state index contributed by atoms with van der Waals surface area (Å²) in [5.41, 5.74) is 2.69. The molecule has 1 amide bonds. The lowest BCUT2D eigenvalue weighted by molar-refractivity contribution is -0.384. The third-order valence-electron chi connectivity index (χ3n) is 3.76. The van der Waals surface area contributed by atoms with E-state index in [-0.39, 0.29) is 22.9 Å². The number of nitro benzene ring substituents is 1. The molecule has 0 aliphatic heterocycles. The molecule has 0 atom stereocenters. The van der Waals surface area contributed by atoms with Crippen LogP contribution in [0.5, 0.6) is 5.75 Å². The van der Waals surface area contributed by atoms with Crippen molar-refractivity contribution < 1.29 is 28.0 Å². The van der Waals surface area contributed by atoms with Gasteiger partial charge in [0.25, 0.3) is 11.6 Å². The fraction of sp³-hybridized carbons (Fsp3) is 0.235. The molecule has 2 rings (SSSR count). The van der Waals surface area contributed by atoms with Crippen molar-refractivity contribution in [3.05, 3.63) is 63.2 Å². The molecule has 0 saturated heterocycles. The van der Waals surface area contributed by atoms with Gasteiger partial charge in [-0.1, -0.05) is 19.9 Å². The van der Waals surface area contributed by atoms with Crippen molar-refractivity contribution in [1.82, 2.24) is 5.43 Å². The van der Waals surface area contributed by atoms with Crippen molar-refractivity contribution in [3.8, 4) is 5.75 Å². The number of hydrogen-bond donors (Lipinski definition) is 3. The lowest BCUT2D eigenvalue weighted by atomic mass is 10.00. The van der Waals surface area contributed by atoms with E-state index in [1.165, 1.54) is 12.1 Å². The normalized spacial score (nSPS) is 11.3. The second-order valence-corrected chi connectivity index (χ2v) is 6.00. The predicted molar refractivity (Wildman–Crippen MR) is 91.4 cm³/mol. The topological polar surface area (TPSA) is 104 Å². The molecule has 0 aliphatic carbocycles. The molecule has 0 fully saturated rings. The van der Waals surface area contributed by atoms with Gasteiger partial charge >= 0.3 is 6.18 Å². The fourth-order valence-corrected chi connectivity index (χ4v) is 2.25. The number of phenols is 1. The second-order valence-electron chi connectivity index (χ2n) is 6.00. The number of anilines is 1. The van der Waals surface area contributed by atoms with Crippen molar-refractivity contribution >= 4 is 17.3 Å². The van der Waals surface area contributed by atoms with Gasteiger partial charge in [0.05, 0.1) is 16.1 Å². The first-order valence-electron chi connectivity index (χ1n) is 7.75. The van der Waals surface area contributed by atoms with Crippen LogP contribution in [0, 0.1) is 10.1 Å². The molecule has 7 nitrogen and oxygen atoms in total. The Balaban J connectivity index is 2.25. The van der Waals surface area contributed by atoms with E-state index in [9.17, 15) is 33.2 Å². The summed E-state index contributed by atoms with van der Waals surface area (Å²) in [6.45, 7) is 3.77. The number of nitrogens with zero attached hydrogens (tertiary/aromatic N) is 1. The number of hydrazine groups is 1. The summed E-state index contributed by atoms with van der Waals surface area (Å²) >= 11 is 0. The number of nitrogens with one attached hydrogen (secondary N) is 2. The Bertz CT molecular complexity index is 882. The van der Waals surface area contributed by atoms with Crippen LogP contribution in [0.15, 0.2) is 36.4 Å². The molecule has 10 heteroatoms. The van der Waals surface area contributed by atoms with Crippen LogP contribution >= 0.6 is 0 Å². The molecule has 0 aromatic heterocycles. The number of benzene rings is 2. The Morgan fingerprint density at radius 1 is 1.19 bits per heavy atom. The van der Waals surface area contributed by atoms with Gasteiger partial charge in [0, 0.05) is 6.07 Å². The van der Waals surface area contributed by atoms with Crippen LogP contribution < -0.4 is 10.9 Å². The van der Waals surface area contributed by atoms with Gasteiger partial charge in [0.15, 0.2) is 0 Å². The Labute approximate surface area is 151 Å². The number of phenolic OH excluding ortho intramolecular Hbond substituents is 1. The standard InChI is InChI=1S/C17H16F3N3O4/c1-9(2)10-3-6-15(24)12(7-10)16(25)22-21-13-5-4-11(17(18,19)20)8-14(13)23(26)27/h3-9,21,24H,1-2H3,(H,22,25). The zero-order valence-electron chi connectivity index (χ0n) is 14.3. The van der Waals surface area contributed by atoms with Crippen molar-refractivity contribution in [3.63, 3.8) is 0 Å². The Kier molecular flexibility index (Phi) is 5.58. The highest BCUT2D eigenvalue weighted by molar-refractivity contribution is 5.97. The fourth-order valence-electron chi connectivity index (χ4n) is 2.25. The van der Waals surface area contributed by atoms with E-state index in [0.29, 0.717) is 12.1 Å². The number of aromatic hydroxyl groups is 1. The molecule has 0 bridgehead atoms. The highest BCUT2D eigenvalue weighted by Gasteiger charge is 2.33. The summed E-state index contributed by atoms with van der Waals surface area (Å²) in [5, 5.41) is 20.9. The summed E-state index contributed by atoms with van der Waals surface area (Å²) < 4.78 is 38.1. The number of halogens is 3. The number of hydrogen-bond acceptors (Lipinski definition) is 5. The number of alkyl halides is 3. The minimum absolute atomic E-state index is 0.0803. The maximum absolute atomic E-state index is 12.7. The maximum Gasteiger partial charge on any atom is 0.416 e. The van der Waals surface area contributed by atoms with Gasteiger partial charge in [-0.3, -0.25) is 25.8 Å². The van der Waals surface area contributed by atoms with Crippen LogP contribution in [0.25, 0.3) is 0 Å². The minimum atomic E-state index is -4.74. The first-order valence-corrected chi connectivity index (χ1v) is 7.75. The molecule has 3 N–H and O–H groups in total.